The summed E-state index contributed by atoms with van der Waals surface area (Å²) in [6, 6.07) is 10.1. The fourth-order valence-corrected chi connectivity index (χ4v) is 2.99. The zero-order chi connectivity index (χ0) is 14.7. The summed E-state index contributed by atoms with van der Waals surface area (Å²) in [4.78, 5) is 11.9. The van der Waals surface area contributed by atoms with Crippen LogP contribution in [0.5, 0.6) is 0 Å². The lowest BCUT2D eigenvalue weighted by atomic mass is 9.95. The van der Waals surface area contributed by atoms with Gasteiger partial charge in [-0.1, -0.05) is 49.1 Å². The lowest BCUT2D eigenvalue weighted by Gasteiger charge is -2.16. The lowest BCUT2D eigenvalue weighted by molar-refractivity contribution is -0.140. The molecule has 0 saturated heterocycles. The van der Waals surface area contributed by atoms with Gasteiger partial charge in [0.2, 0.25) is 0 Å². The van der Waals surface area contributed by atoms with Crippen molar-refractivity contribution >= 4 is 11.5 Å². The molecule has 108 valence electrons. The maximum Gasteiger partial charge on any atom is 0.314 e. The largest absolute Gasteiger partial charge is 0.501 e. The first kappa shape index (κ1) is 13.7. The van der Waals surface area contributed by atoms with Crippen molar-refractivity contribution in [2.24, 2.45) is 11.8 Å². The fourth-order valence-electron chi connectivity index (χ4n) is 2.99. The van der Waals surface area contributed by atoms with Crippen molar-refractivity contribution in [2.45, 2.75) is 12.8 Å². The zero-order valence-electron chi connectivity index (χ0n) is 11.8. The van der Waals surface area contributed by atoms with Crippen LogP contribution < -0.4 is 0 Å². The van der Waals surface area contributed by atoms with Crippen molar-refractivity contribution < 1.29 is 14.3 Å². The Labute approximate surface area is 124 Å². The van der Waals surface area contributed by atoms with Gasteiger partial charge < -0.3 is 9.47 Å². The highest BCUT2D eigenvalue weighted by atomic mass is 16.5. The number of hydrogen-bond donors (Lipinski definition) is 0. The van der Waals surface area contributed by atoms with E-state index in [4.69, 9.17) is 9.47 Å². The predicted molar refractivity (Wildman–Crippen MR) is 81.0 cm³/mol. The lowest BCUT2D eigenvalue weighted by Crippen LogP contribution is -2.11. The van der Waals surface area contributed by atoms with Crippen molar-refractivity contribution in [1.82, 2.24) is 0 Å². The van der Waals surface area contributed by atoms with Gasteiger partial charge in [0.05, 0.1) is 19.3 Å². The van der Waals surface area contributed by atoms with Crippen LogP contribution in [-0.4, -0.2) is 12.6 Å². The van der Waals surface area contributed by atoms with Crippen molar-refractivity contribution in [2.75, 3.05) is 6.61 Å². The highest BCUT2D eigenvalue weighted by Gasteiger charge is 2.38. The predicted octanol–water partition coefficient (Wildman–Crippen LogP) is 3.70. The Bertz CT molecular complexity index is 598. The average molecular weight is 282 g/mol. The fraction of sp³-hybridized carbons (Fsp3) is 0.278. The van der Waals surface area contributed by atoms with Crippen molar-refractivity contribution in [3.05, 3.63) is 66.6 Å². The van der Waals surface area contributed by atoms with Gasteiger partial charge in [-0.05, 0) is 12.0 Å². The van der Waals surface area contributed by atoms with Crippen molar-refractivity contribution in [3.8, 4) is 0 Å². The summed E-state index contributed by atoms with van der Waals surface area (Å²) in [5.74, 6) is 1.16. The van der Waals surface area contributed by atoms with Gasteiger partial charge in [0.15, 0.2) is 0 Å². The van der Waals surface area contributed by atoms with Gasteiger partial charge in [-0.2, -0.15) is 0 Å². The van der Waals surface area contributed by atoms with Crippen molar-refractivity contribution in [1.29, 1.82) is 0 Å². The molecular weight excluding hydrogens is 264 g/mol. The van der Waals surface area contributed by atoms with E-state index in [2.05, 4.69) is 30.9 Å². The number of benzene rings is 1. The van der Waals surface area contributed by atoms with Gasteiger partial charge in [-0.15, -0.1) is 0 Å². The standard InChI is InChI=1S/C18H18O3/c1-2-20-11-10-16(19)21-18-15-9-8-14(12-15)17(18)13-6-4-3-5-7-13/h2-9,14-15H,1,10-12H2. The van der Waals surface area contributed by atoms with E-state index >= 15 is 0 Å². The van der Waals surface area contributed by atoms with Crippen LogP contribution in [-0.2, 0) is 14.3 Å². The Morgan fingerprint density at radius 2 is 2.00 bits per heavy atom. The molecule has 2 unspecified atom stereocenters. The second kappa shape index (κ2) is 6.00. The molecule has 0 saturated carbocycles. The second-order valence-corrected chi connectivity index (χ2v) is 5.24. The highest BCUT2D eigenvalue weighted by molar-refractivity contribution is 5.79. The van der Waals surface area contributed by atoms with E-state index in [0.717, 1.165) is 23.3 Å². The van der Waals surface area contributed by atoms with Gasteiger partial charge in [0, 0.05) is 17.4 Å². The van der Waals surface area contributed by atoms with E-state index in [-0.39, 0.29) is 18.3 Å². The van der Waals surface area contributed by atoms with Crippen molar-refractivity contribution in [3.63, 3.8) is 0 Å². The molecule has 0 radical (unpaired) electrons. The normalized spacial score (nSPS) is 22.5. The molecular formula is C18H18O3. The highest BCUT2D eigenvalue weighted by Crippen LogP contribution is 2.48. The summed E-state index contributed by atoms with van der Waals surface area (Å²) in [5.41, 5.74) is 2.29. The molecule has 21 heavy (non-hydrogen) atoms. The van der Waals surface area contributed by atoms with Gasteiger partial charge in [-0.3, -0.25) is 4.79 Å². The summed E-state index contributed by atoms with van der Waals surface area (Å²) in [7, 11) is 0. The number of carbonyl (C=O) groups excluding carboxylic acids is 1. The summed E-state index contributed by atoms with van der Waals surface area (Å²) < 4.78 is 10.6. The molecule has 1 aromatic carbocycles. The van der Waals surface area contributed by atoms with E-state index in [0.29, 0.717) is 12.5 Å². The van der Waals surface area contributed by atoms with Crippen LogP contribution in [0.4, 0.5) is 0 Å². The Hall–Kier alpha value is -2.29. The quantitative estimate of drug-likeness (QED) is 0.345. The van der Waals surface area contributed by atoms with Crippen LogP contribution in [0.1, 0.15) is 18.4 Å². The first-order chi connectivity index (χ1) is 10.3. The molecule has 2 aliphatic carbocycles. The van der Waals surface area contributed by atoms with Gasteiger partial charge >= 0.3 is 5.97 Å². The monoisotopic (exact) mass is 282 g/mol. The third kappa shape index (κ3) is 2.77. The number of esters is 1. The zero-order valence-corrected chi connectivity index (χ0v) is 11.8. The molecule has 1 aromatic rings. The van der Waals surface area contributed by atoms with Crippen LogP contribution in [0.15, 0.2) is 61.1 Å². The molecule has 0 N–H and O–H groups in total. The number of hydrogen-bond acceptors (Lipinski definition) is 3. The van der Waals surface area contributed by atoms with Crippen LogP contribution in [0.25, 0.3) is 5.57 Å². The Morgan fingerprint density at radius 3 is 2.76 bits per heavy atom. The molecule has 3 heteroatoms. The minimum Gasteiger partial charge on any atom is -0.501 e. The average Bonchev–Trinajstić information content (AvgIpc) is 3.09. The summed E-state index contributed by atoms with van der Waals surface area (Å²) in [6.45, 7) is 3.76. The minimum absolute atomic E-state index is 0.231. The third-order valence-corrected chi connectivity index (χ3v) is 3.91. The molecule has 2 aliphatic rings. The molecule has 2 bridgehead atoms. The van der Waals surface area contributed by atoms with Crippen LogP contribution >= 0.6 is 0 Å². The molecule has 0 spiro atoms. The first-order valence-electron chi connectivity index (χ1n) is 7.20. The molecule has 0 heterocycles. The van der Waals surface area contributed by atoms with Gasteiger partial charge in [-0.25, -0.2) is 0 Å². The smallest absolute Gasteiger partial charge is 0.314 e. The van der Waals surface area contributed by atoms with Gasteiger partial charge in [0.25, 0.3) is 0 Å². The first-order valence-corrected chi connectivity index (χ1v) is 7.20. The van der Waals surface area contributed by atoms with E-state index in [1.165, 1.54) is 6.26 Å². The molecule has 2 atom stereocenters. The van der Waals surface area contributed by atoms with E-state index in [9.17, 15) is 4.79 Å². The molecule has 3 nitrogen and oxygen atoms in total. The van der Waals surface area contributed by atoms with Crippen LogP contribution in [0.2, 0.25) is 0 Å². The van der Waals surface area contributed by atoms with E-state index in [1.807, 2.05) is 18.2 Å². The molecule has 0 amide bonds. The number of carbonyl (C=O) groups is 1. The molecule has 0 aromatic heterocycles. The number of fused-ring (bicyclic) bond motifs is 2. The molecule has 3 rings (SSSR count). The third-order valence-electron chi connectivity index (χ3n) is 3.91. The van der Waals surface area contributed by atoms with Crippen LogP contribution in [0, 0.1) is 11.8 Å². The number of ether oxygens (including phenoxy) is 2. The van der Waals surface area contributed by atoms with E-state index < -0.39 is 0 Å². The number of rotatable bonds is 6. The van der Waals surface area contributed by atoms with E-state index in [1.54, 1.807) is 0 Å². The summed E-state index contributed by atoms with van der Waals surface area (Å²) in [6.07, 6.45) is 6.93. The molecule has 0 aliphatic heterocycles. The Morgan fingerprint density at radius 1 is 1.24 bits per heavy atom. The topological polar surface area (TPSA) is 35.5 Å². The Kier molecular flexibility index (Phi) is 3.91. The second-order valence-electron chi connectivity index (χ2n) is 5.24. The van der Waals surface area contributed by atoms with Gasteiger partial charge in [0.1, 0.15) is 5.76 Å². The Balaban J connectivity index is 1.79. The SMILES string of the molecule is C=COCCC(=O)OC1=C(c2ccccc2)C2C=CC1C2. The summed E-state index contributed by atoms with van der Waals surface area (Å²) in [5, 5.41) is 0. The van der Waals surface area contributed by atoms with Crippen LogP contribution in [0.3, 0.4) is 0 Å². The molecule has 0 fully saturated rings. The maximum atomic E-state index is 11.9. The maximum absolute atomic E-state index is 11.9. The number of allylic oxidation sites excluding steroid dienone is 3. The summed E-state index contributed by atoms with van der Waals surface area (Å²) >= 11 is 0. The minimum atomic E-state index is -0.249.